The van der Waals surface area contributed by atoms with Gasteiger partial charge in [-0.05, 0) is 13.0 Å². The van der Waals surface area contributed by atoms with Crippen molar-refractivity contribution in [2.75, 3.05) is 13.3 Å². The van der Waals surface area contributed by atoms with E-state index in [9.17, 15) is 0 Å². The lowest BCUT2D eigenvalue weighted by Gasteiger charge is -2.25. The lowest BCUT2D eigenvalue weighted by Crippen LogP contribution is -2.32. The average molecular weight is 267 g/mol. The molecule has 0 fully saturated rings. The summed E-state index contributed by atoms with van der Waals surface area (Å²) < 4.78 is 5.72. The highest BCUT2D eigenvalue weighted by molar-refractivity contribution is 6.76. The second-order valence-electron chi connectivity index (χ2n) is 5.86. The van der Waals surface area contributed by atoms with Crippen molar-refractivity contribution in [1.82, 2.24) is 4.90 Å². The van der Waals surface area contributed by atoms with Crippen LogP contribution in [0.1, 0.15) is 13.3 Å². The van der Waals surface area contributed by atoms with Gasteiger partial charge in [-0.3, -0.25) is 4.99 Å². The molecule has 0 aromatic heterocycles. The Kier molecular flexibility index (Phi) is 5.75. The molecule has 0 spiro atoms. The maximum Gasteiger partial charge on any atom is 0.123 e. The van der Waals surface area contributed by atoms with Gasteiger partial charge >= 0.3 is 0 Å². The van der Waals surface area contributed by atoms with Gasteiger partial charge < -0.3 is 9.64 Å². The molecule has 0 saturated heterocycles. The molecule has 4 nitrogen and oxygen atoms in total. The molecular weight excluding hydrogens is 242 g/mol. The molecule has 0 amide bonds. The molecule has 0 aromatic rings. The van der Waals surface area contributed by atoms with E-state index >= 15 is 0 Å². The van der Waals surface area contributed by atoms with E-state index in [0.717, 1.165) is 18.9 Å². The van der Waals surface area contributed by atoms with E-state index in [1.165, 1.54) is 6.04 Å². The molecule has 102 valence electrons. The minimum atomic E-state index is -1.01. The Morgan fingerprint density at radius 2 is 2.28 bits per heavy atom. The quantitative estimate of drug-likeness (QED) is 0.421. The molecule has 0 aromatic carbocycles. The zero-order valence-electron chi connectivity index (χ0n) is 12.0. The molecular formula is C13H25N3OSi. The summed E-state index contributed by atoms with van der Waals surface area (Å²) >= 11 is 0. The third-order valence-electron chi connectivity index (χ3n) is 2.78. The molecule has 18 heavy (non-hydrogen) atoms. The number of amidine groups is 1. The molecule has 0 aliphatic carbocycles. The summed E-state index contributed by atoms with van der Waals surface area (Å²) in [5.74, 6) is 0.987. The molecule has 1 unspecified atom stereocenters. The van der Waals surface area contributed by atoms with Crippen molar-refractivity contribution in [3.05, 3.63) is 12.8 Å². The van der Waals surface area contributed by atoms with Crippen LogP contribution in [0.25, 0.3) is 0 Å². The predicted molar refractivity (Wildman–Crippen MR) is 81.0 cm³/mol. The molecule has 1 rings (SSSR count). The lowest BCUT2D eigenvalue weighted by atomic mass is 10.2. The van der Waals surface area contributed by atoms with Crippen molar-refractivity contribution in [2.24, 2.45) is 9.98 Å². The van der Waals surface area contributed by atoms with Gasteiger partial charge in [-0.15, -0.1) is 0 Å². The van der Waals surface area contributed by atoms with Gasteiger partial charge in [-0.2, -0.15) is 0 Å². The molecule has 0 N–H and O–H groups in total. The predicted octanol–water partition coefficient (Wildman–Crippen LogP) is 2.96. The largest absolute Gasteiger partial charge is 0.361 e. The number of nitrogens with zero attached hydrogens (tertiary/aromatic N) is 3. The van der Waals surface area contributed by atoms with Crippen LogP contribution in [0.15, 0.2) is 22.8 Å². The first kappa shape index (κ1) is 15.1. The summed E-state index contributed by atoms with van der Waals surface area (Å²) in [5.41, 5.74) is 0. The number of ether oxygens (including phenoxy) is 1. The van der Waals surface area contributed by atoms with Crippen LogP contribution in [0.4, 0.5) is 0 Å². The highest BCUT2D eigenvalue weighted by Crippen LogP contribution is 2.10. The molecule has 5 heteroatoms. The van der Waals surface area contributed by atoms with Crippen LogP contribution < -0.4 is 0 Å². The van der Waals surface area contributed by atoms with Crippen LogP contribution in [0, 0.1) is 0 Å². The third-order valence-corrected chi connectivity index (χ3v) is 4.49. The summed E-state index contributed by atoms with van der Waals surface area (Å²) in [7, 11) is -1.01. The first-order valence-electron chi connectivity index (χ1n) is 6.47. The average Bonchev–Trinajstić information content (AvgIpc) is 2.27. The Balaban J connectivity index is 2.36. The highest BCUT2D eigenvalue weighted by atomic mass is 28.3. The summed E-state index contributed by atoms with van der Waals surface area (Å²) in [6, 6.07) is 1.48. The summed E-state index contributed by atoms with van der Waals surface area (Å²) in [4.78, 5) is 10.5. The fourth-order valence-electron chi connectivity index (χ4n) is 1.55. The first-order valence-corrected chi connectivity index (χ1v) is 10.2. The van der Waals surface area contributed by atoms with Gasteiger partial charge in [-0.1, -0.05) is 26.2 Å². The lowest BCUT2D eigenvalue weighted by molar-refractivity contribution is 0.0925. The van der Waals surface area contributed by atoms with Crippen LogP contribution >= 0.6 is 0 Å². The van der Waals surface area contributed by atoms with Gasteiger partial charge in [0.2, 0.25) is 0 Å². The third kappa shape index (κ3) is 5.60. The van der Waals surface area contributed by atoms with Gasteiger partial charge in [-0.25, -0.2) is 4.99 Å². The molecule has 0 bridgehead atoms. The van der Waals surface area contributed by atoms with Crippen LogP contribution in [0.2, 0.25) is 25.7 Å². The number of hydrogen-bond donors (Lipinski definition) is 0. The number of hydrogen-bond acceptors (Lipinski definition) is 4. The minimum absolute atomic E-state index is 0.293. The minimum Gasteiger partial charge on any atom is -0.361 e. The zero-order valence-corrected chi connectivity index (χ0v) is 13.0. The fourth-order valence-corrected chi connectivity index (χ4v) is 2.31. The monoisotopic (exact) mass is 267 g/mol. The van der Waals surface area contributed by atoms with Crippen molar-refractivity contribution in [3.63, 3.8) is 0 Å². The van der Waals surface area contributed by atoms with Crippen LogP contribution in [0.3, 0.4) is 0 Å². The smallest absolute Gasteiger partial charge is 0.123 e. The van der Waals surface area contributed by atoms with E-state index in [4.69, 9.17) is 4.74 Å². The number of rotatable bonds is 6. The second kappa shape index (κ2) is 6.85. The molecule has 1 aliphatic rings. The van der Waals surface area contributed by atoms with Crippen molar-refractivity contribution in [3.8, 4) is 0 Å². The van der Waals surface area contributed by atoms with Crippen molar-refractivity contribution in [1.29, 1.82) is 0 Å². The van der Waals surface area contributed by atoms with Gasteiger partial charge in [0, 0.05) is 27.3 Å². The number of aliphatic imine (C=N–C) groups is 2. The Bertz CT molecular complexity index is 334. The van der Waals surface area contributed by atoms with Crippen molar-refractivity contribution in [2.45, 2.75) is 45.1 Å². The fraction of sp³-hybridized carbons (Fsp3) is 0.692. The zero-order chi connectivity index (χ0) is 13.6. The van der Waals surface area contributed by atoms with E-state index in [1.54, 1.807) is 12.5 Å². The van der Waals surface area contributed by atoms with Crippen LogP contribution in [-0.2, 0) is 4.74 Å². The maximum absolute atomic E-state index is 5.72. The Morgan fingerprint density at radius 3 is 2.83 bits per heavy atom. The standard InChI is InChI=1S/C13H25N3OSi/c1-6-16(11-17-7-8-18(3,4)5)13-9-12(2)14-10-15-13/h6,10,12H,1,7-9,11H2,2-5H3. The first-order chi connectivity index (χ1) is 8.42. The van der Waals surface area contributed by atoms with Crippen LogP contribution in [-0.4, -0.2) is 44.5 Å². The summed E-state index contributed by atoms with van der Waals surface area (Å²) in [5, 5.41) is 0. The van der Waals surface area contributed by atoms with E-state index in [2.05, 4.69) is 43.1 Å². The van der Waals surface area contributed by atoms with Crippen LogP contribution in [0.5, 0.6) is 0 Å². The van der Waals surface area contributed by atoms with Gasteiger partial charge in [0.25, 0.3) is 0 Å². The van der Waals surface area contributed by atoms with E-state index in [0.29, 0.717) is 12.8 Å². The normalized spacial score (nSPS) is 19.6. The Hall–Kier alpha value is -0.943. The SMILES string of the molecule is C=CN(COCC[Si](C)(C)C)C1=NC=NC(C)C1. The second-order valence-corrected chi connectivity index (χ2v) is 11.5. The van der Waals surface area contributed by atoms with E-state index < -0.39 is 8.07 Å². The van der Waals surface area contributed by atoms with Gasteiger partial charge in [0.05, 0.1) is 6.04 Å². The van der Waals surface area contributed by atoms with Gasteiger partial charge in [0.1, 0.15) is 18.9 Å². The van der Waals surface area contributed by atoms with Crippen molar-refractivity contribution >= 4 is 20.2 Å². The molecule has 0 saturated carbocycles. The topological polar surface area (TPSA) is 37.2 Å². The Morgan fingerprint density at radius 1 is 1.56 bits per heavy atom. The van der Waals surface area contributed by atoms with Crippen molar-refractivity contribution < 1.29 is 4.74 Å². The molecule has 1 aliphatic heterocycles. The molecule has 1 heterocycles. The summed E-state index contributed by atoms with van der Waals surface area (Å²) in [6.07, 6.45) is 4.25. The van der Waals surface area contributed by atoms with E-state index in [1.807, 2.05) is 4.90 Å². The van der Waals surface area contributed by atoms with Gasteiger partial charge in [0.15, 0.2) is 0 Å². The summed E-state index contributed by atoms with van der Waals surface area (Å²) in [6.45, 7) is 14.3. The Labute approximate surface area is 111 Å². The van der Waals surface area contributed by atoms with E-state index in [-0.39, 0.29) is 0 Å². The molecule has 0 radical (unpaired) electrons. The molecule has 1 atom stereocenters. The highest BCUT2D eigenvalue weighted by Gasteiger charge is 2.16. The maximum atomic E-state index is 5.72.